The first kappa shape index (κ1) is 37.3. The largest absolute Gasteiger partial charge is 0.392 e. The van der Waals surface area contributed by atoms with Crippen molar-refractivity contribution >= 4 is 6.29 Å². The Kier molecular flexibility index (Phi) is 15.2. The maximum absolute atomic E-state index is 11.8. The Morgan fingerprint density at radius 3 is 2.20 bits per heavy atom. The number of aliphatic hydroxyl groups is 4. The average Bonchev–Trinajstić information content (AvgIpc) is 2.88. The van der Waals surface area contributed by atoms with E-state index in [1.54, 1.807) is 34.6 Å². The summed E-state index contributed by atoms with van der Waals surface area (Å²) in [6.07, 6.45) is -0.994. The second kappa shape index (κ2) is 16.2. The minimum Gasteiger partial charge on any atom is -0.392 e. The maximum atomic E-state index is 11.8. The monoisotopic (exact) mass is 576 g/mol. The van der Waals surface area contributed by atoms with Crippen molar-refractivity contribution in [1.82, 2.24) is 10.2 Å². The predicted octanol–water partition coefficient (Wildman–Crippen LogP) is 1.95. The molecule has 40 heavy (non-hydrogen) atoms. The van der Waals surface area contributed by atoms with E-state index in [0.717, 1.165) is 12.7 Å². The number of nitrogens with one attached hydrogen (secondary N) is 1. The summed E-state index contributed by atoms with van der Waals surface area (Å²) in [4.78, 5) is 13.6. The molecule has 0 saturated carbocycles. The minimum absolute atomic E-state index is 0.0207. The average molecular weight is 577 g/mol. The van der Waals surface area contributed by atoms with E-state index in [-0.39, 0.29) is 24.1 Å². The highest BCUT2D eigenvalue weighted by Crippen LogP contribution is 2.34. The molecule has 1 fully saturated rings. The summed E-state index contributed by atoms with van der Waals surface area (Å²) in [6, 6.07) is -0.0230. The summed E-state index contributed by atoms with van der Waals surface area (Å²) in [7, 11) is 5.56. The third kappa shape index (κ3) is 10.2. The molecule has 1 saturated heterocycles. The molecule has 0 bridgehead atoms. The Labute approximate surface area is 242 Å². The van der Waals surface area contributed by atoms with E-state index in [1.807, 2.05) is 34.9 Å². The van der Waals surface area contributed by atoms with E-state index in [2.05, 4.69) is 10.2 Å². The van der Waals surface area contributed by atoms with Crippen molar-refractivity contribution in [3.05, 3.63) is 0 Å². The third-order valence-corrected chi connectivity index (χ3v) is 8.76. The summed E-state index contributed by atoms with van der Waals surface area (Å²) in [6.45, 7) is 15.0. The molecule has 13 atom stereocenters. The van der Waals surface area contributed by atoms with Gasteiger partial charge in [-0.1, -0.05) is 27.7 Å². The quantitative estimate of drug-likeness (QED) is 0.154. The summed E-state index contributed by atoms with van der Waals surface area (Å²) < 4.78 is 18.1. The molecule has 0 amide bonds. The van der Waals surface area contributed by atoms with E-state index in [0.29, 0.717) is 25.8 Å². The number of hydrogen-bond acceptors (Lipinski definition) is 10. The Morgan fingerprint density at radius 1 is 1.10 bits per heavy atom. The number of rotatable bonds is 18. The second-order valence-corrected chi connectivity index (χ2v) is 13.0. The highest BCUT2D eigenvalue weighted by Gasteiger charge is 2.45. The topological polar surface area (TPSA) is 141 Å². The SMILES string of the molecule is CCC(O)[C@@](C)(O)C(OC)[C@@H](C)NC[C@H](C)CC(C)(O)[C@H](OC1CC(N(C)C)CC(C)O1)C(C)C(O)C(C)C=O. The number of nitrogens with zero attached hydrogens (tertiary/aromatic N) is 1. The van der Waals surface area contributed by atoms with Crippen LogP contribution in [0.2, 0.25) is 0 Å². The third-order valence-electron chi connectivity index (χ3n) is 8.76. The normalized spacial score (nSPS) is 29.4. The van der Waals surface area contributed by atoms with Crippen molar-refractivity contribution in [2.45, 2.75) is 141 Å². The summed E-state index contributed by atoms with van der Waals surface area (Å²) >= 11 is 0. The minimum atomic E-state index is -1.44. The fraction of sp³-hybridized carbons (Fsp3) is 0.967. The van der Waals surface area contributed by atoms with Crippen molar-refractivity contribution in [2.75, 3.05) is 27.7 Å². The second-order valence-electron chi connectivity index (χ2n) is 13.0. The molecular weight excluding hydrogens is 516 g/mol. The molecule has 1 aliphatic rings. The standard InChI is InChI=1S/C30H60N2O8/c1-12-24(34)30(8,37)28(38-11)22(6)31-16-18(2)15-29(7,36)27(21(5)26(35)19(3)17-33)40-25-14-23(32(9)10)13-20(4)39-25/h17-28,31,34-37H,12-16H2,1-11H3/t18-,19?,20?,21?,22-,23?,24?,25?,26?,27-,28?,29?,30-/m1/s1. The van der Waals surface area contributed by atoms with Crippen LogP contribution in [0, 0.1) is 17.8 Å². The van der Waals surface area contributed by atoms with Crippen LogP contribution in [0.4, 0.5) is 0 Å². The van der Waals surface area contributed by atoms with Gasteiger partial charge in [-0.2, -0.15) is 0 Å². The van der Waals surface area contributed by atoms with Crippen molar-refractivity contribution in [3.63, 3.8) is 0 Å². The van der Waals surface area contributed by atoms with Crippen LogP contribution >= 0.6 is 0 Å². The van der Waals surface area contributed by atoms with Gasteiger partial charge >= 0.3 is 0 Å². The van der Waals surface area contributed by atoms with E-state index < -0.39 is 53.7 Å². The van der Waals surface area contributed by atoms with Gasteiger partial charge in [0.25, 0.3) is 0 Å². The molecule has 0 aliphatic carbocycles. The number of ether oxygens (including phenoxy) is 3. The zero-order valence-corrected chi connectivity index (χ0v) is 26.8. The van der Waals surface area contributed by atoms with Crippen LogP contribution in [0.15, 0.2) is 0 Å². The first-order valence-electron chi connectivity index (χ1n) is 14.9. The summed E-state index contributed by atoms with van der Waals surface area (Å²) in [5.74, 6) is -1.19. The molecule has 10 nitrogen and oxygen atoms in total. The fourth-order valence-electron chi connectivity index (χ4n) is 6.26. The number of hydrogen-bond donors (Lipinski definition) is 5. The van der Waals surface area contributed by atoms with Crippen LogP contribution in [-0.2, 0) is 19.0 Å². The molecule has 1 heterocycles. The highest BCUT2D eigenvalue weighted by molar-refractivity contribution is 5.53. The van der Waals surface area contributed by atoms with Crippen LogP contribution in [0.5, 0.6) is 0 Å². The summed E-state index contributed by atoms with van der Waals surface area (Å²) in [5.41, 5.74) is -2.79. The Morgan fingerprint density at radius 2 is 1.70 bits per heavy atom. The zero-order valence-electron chi connectivity index (χ0n) is 26.8. The number of carbonyl (C=O) groups excluding carboxylic acids is 1. The Hall–Kier alpha value is -0.690. The highest BCUT2D eigenvalue weighted by atomic mass is 16.7. The van der Waals surface area contributed by atoms with Crippen molar-refractivity contribution in [2.24, 2.45) is 17.8 Å². The lowest BCUT2D eigenvalue weighted by Crippen LogP contribution is -2.58. The predicted molar refractivity (Wildman–Crippen MR) is 156 cm³/mol. The Balaban J connectivity index is 3.06. The smallest absolute Gasteiger partial charge is 0.159 e. The lowest BCUT2D eigenvalue weighted by atomic mass is 9.78. The maximum Gasteiger partial charge on any atom is 0.159 e. The molecule has 0 aromatic heterocycles. The molecule has 238 valence electrons. The van der Waals surface area contributed by atoms with Gasteiger partial charge in [0.1, 0.15) is 18.0 Å². The summed E-state index contributed by atoms with van der Waals surface area (Å²) in [5, 5.41) is 47.4. The van der Waals surface area contributed by atoms with Gasteiger partial charge < -0.3 is 49.6 Å². The van der Waals surface area contributed by atoms with E-state index in [1.165, 1.54) is 7.11 Å². The first-order chi connectivity index (χ1) is 18.4. The molecule has 0 radical (unpaired) electrons. The number of aldehydes is 1. The van der Waals surface area contributed by atoms with Gasteiger partial charge in [-0.3, -0.25) is 0 Å². The van der Waals surface area contributed by atoms with Crippen molar-refractivity contribution in [3.8, 4) is 0 Å². The van der Waals surface area contributed by atoms with E-state index in [4.69, 9.17) is 14.2 Å². The number of aliphatic hydroxyl groups excluding tert-OH is 2. The molecule has 0 aromatic rings. The number of methoxy groups -OCH3 is 1. The van der Waals surface area contributed by atoms with Crippen LogP contribution < -0.4 is 5.32 Å². The lowest BCUT2D eigenvalue weighted by Gasteiger charge is -2.45. The Bertz CT molecular complexity index is 736. The van der Waals surface area contributed by atoms with Gasteiger partial charge in [-0.15, -0.1) is 0 Å². The van der Waals surface area contributed by atoms with Crippen LogP contribution in [0.25, 0.3) is 0 Å². The number of carbonyl (C=O) groups is 1. The molecular formula is C30H60N2O8. The van der Waals surface area contributed by atoms with Gasteiger partial charge in [0, 0.05) is 37.5 Å². The van der Waals surface area contributed by atoms with Gasteiger partial charge in [-0.05, 0) is 73.5 Å². The van der Waals surface area contributed by atoms with Crippen LogP contribution in [0.3, 0.4) is 0 Å². The van der Waals surface area contributed by atoms with E-state index >= 15 is 0 Å². The molecule has 0 aromatic carbocycles. The molecule has 10 heteroatoms. The van der Waals surface area contributed by atoms with Crippen molar-refractivity contribution in [1.29, 1.82) is 0 Å². The molecule has 5 N–H and O–H groups in total. The molecule has 1 aliphatic heterocycles. The first-order valence-corrected chi connectivity index (χ1v) is 14.9. The lowest BCUT2D eigenvalue weighted by molar-refractivity contribution is -0.266. The van der Waals surface area contributed by atoms with Gasteiger partial charge in [0.2, 0.25) is 0 Å². The molecule has 9 unspecified atom stereocenters. The molecule has 1 rings (SSSR count). The van der Waals surface area contributed by atoms with Crippen LogP contribution in [0.1, 0.15) is 81.1 Å². The van der Waals surface area contributed by atoms with Crippen LogP contribution in [-0.4, -0.2) is 119 Å². The van der Waals surface area contributed by atoms with Gasteiger partial charge in [0.15, 0.2) is 6.29 Å². The van der Waals surface area contributed by atoms with Gasteiger partial charge in [0.05, 0.1) is 30.0 Å². The van der Waals surface area contributed by atoms with Gasteiger partial charge in [-0.25, -0.2) is 0 Å². The zero-order chi connectivity index (χ0) is 31.0. The molecule has 0 spiro atoms. The van der Waals surface area contributed by atoms with Crippen molar-refractivity contribution < 1.29 is 39.4 Å². The fourth-order valence-corrected chi connectivity index (χ4v) is 6.26. The van der Waals surface area contributed by atoms with E-state index in [9.17, 15) is 25.2 Å².